The molecular weight excluding hydrogens is 550 g/mol. The number of ether oxygens (including phenoxy) is 2. The van der Waals surface area contributed by atoms with Crippen LogP contribution >= 0.6 is 15.9 Å². The number of amides is 2. The molecule has 1 aliphatic heterocycles. The van der Waals surface area contributed by atoms with Crippen molar-refractivity contribution < 1.29 is 27.5 Å². The molecule has 1 atom stereocenters. The molecule has 2 aromatic carbocycles. The molecule has 1 aliphatic rings. The van der Waals surface area contributed by atoms with Crippen molar-refractivity contribution >= 4 is 43.5 Å². The zero-order valence-electron chi connectivity index (χ0n) is 21.1. The summed E-state index contributed by atoms with van der Waals surface area (Å²) in [5.41, 5.74) is 0.585. The van der Waals surface area contributed by atoms with E-state index in [1.165, 1.54) is 17.9 Å². The lowest BCUT2D eigenvalue weighted by Gasteiger charge is -2.33. The number of benzene rings is 2. The first-order valence-electron chi connectivity index (χ1n) is 11.6. The van der Waals surface area contributed by atoms with E-state index in [4.69, 9.17) is 9.47 Å². The number of nitrogens with one attached hydrogen (secondary N) is 1. The number of nitrogens with zero attached hydrogens (tertiary/aromatic N) is 2. The summed E-state index contributed by atoms with van der Waals surface area (Å²) >= 11 is 3.40. The largest absolute Gasteiger partial charge is 0.454 e. The van der Waals surface area contributed by atoms with Crippen molar-refractivity contribution in [1.82, 2.24) is 10.2 Å². The number of carbonyl (C=O) groups is 2. The minimum atomic E-state index is -3.83. The van der Waals surface area contributed by atoms with E-state index in [2.05, 4.69) is 21.2 Å². The van der Waals surface area contributed by atoms with Gasteiger partial charge in [0.2, 0.25) is 28.6 Å². The number of anilines is 1. The third-order valence-corrected chi connectivity index (χ3v) is 7.83. The Morgan fingerprint density at radius 3 is 2.33 bits per heavy atom. The summed E-state index contributed by atoms with van der Waals surface area (Å²) in [6.45, 7) is 8.41. The summed E-state index contributed by atoms with van der Waals surface area (Å²) in [4.78, 5) is 28.1. The van der Waals surface area contributed by atoms with E-state index >= 15 is 0 Å². The van der Waals surface area contributed by atoms with E-state index in [0.717, 1.165) is 14.3 Å². The lowest BCUT2D eigenvalue weighted by molar-refractivity contribution is -0.140. The van der Waals surface area contributed by atoms with Crippen molar-refractivity contribution in [1.29, 1.82) is 0 Å². The normalized spacial score (nSPS) is 13.7. The molecule has 1 heterocycles. The van der Waals surface area contributed by atoms with Gasteiger partial charge in [0, 0.05) is 22.6 Å². The van der Waals surface area contributed by atoms with Gasteiger partial charge in [-0.05, 0) is 64.4 Å². The first-order chi connectivity index (χ1) is 16.8. The van der Waals surface area contributed by atoms with Gasteiger partial charge in [-0.15, -0.1) is 0 Å². The van der Waals surface area contributed by atoms with Crippen molar-refractivity contribution in [2.75, 3.05) is 23.4 Å². The Balaban J connectivity index is 1.94. The first kappa shape index (κ1) is 27.8. The number of carbonyl (C=O) groups excluding carboxylic acids is 2. The highest BCUT2D eigenvalue weighted by Crippen LogP contribution is 2.36. The minimum absolute atomic E-state index is 0.0413. The average molecular weight is 583 g/mol. The second kappa shape index (κ2) is 11.1. The molecule has 9 nitrogen and oxygen atoms in total. The molecule has 0 spiro atoms. The predicted octanol–water partition coefficient (Wildman–Crippen LogP) is 3.67. The molecule has 2 aromatic rings. The smallest absolute Gasteiger partial charge is 0.244 e. The zero-order chi connectivity index (χ0) is 26.7. The highest BCUT2D eigenvalue weighted by molar-refractivity contribution is 9.10. The van der Waals surface area contributed by atoms with Crippen LogP contribution in [0.2, 0.25) is 0 Å². The number of rotatable bonds is 9. The molecule has 0 fully saturated rings. The fourth-order valence-electron chi connectivity index (χ4n) is 3.60. The summed E-state index contributed by atoms with van der Waals surface area (Å²) in [6.07, 6.45) is 0. The van der Waals surface area contributed by atoms with Crippen LogP contribution in [0, 0.1) is 0 Å². The van der Waals surface area contributed by atoms with Crippen LogP contribution in [0.25, 0.3) is 0 Å². The Bertz CT molecular complexity index is 1210. The summed E-state index contributed by atoms with van der Waals surface area (Å²) < 4.78 is 38.7. The van der Waals surface area contributed by atoms with E-state index in [9.17, 15) is 18.0 Å². The highest BCUT2D eigenvalue weighted by Gasteiger charge is 2.32. The molecule has 1 N–H and O–H groups in total. The fourth-order valence-corrected chi connectivity index (χ4v) is 4.92. The quantitative estimate of drug-likeness (QED) is 0.484. The first-order valence-corrected chi connectivity index (χ1v) is 14.0. The average Bonchev–Trinajstić information content (AvgIpc) is 3.28. The molecule has 0 saturated heterocycles. The molecule has 0 aromatic heterocycles. The number of hydrogen-bond donors (Lipinski definition) is 1. The molecule has 11 heteroatoms. The summed E-state index contributed by atoms with van der Waals surface area (Å²) in [6, 6.07) is 11.3. The SMILES string of the molecule is CCS(=O)(=O)N(CC(=O)N(Cc1ccc(Br)cc1)[C@@H](C)C(=O)NC(C)(C)C)c1ccc2c(c1)OCO2. The lowest BCUT2D eigenvalue weighted by Crippen LogP contribution is -2.54. The molecular formula is C25H32BrN3O6S. The van der Waals surface area contributed by atoms with Crippen LogP contribution in [-0.4, -0.2) is 55.8 Å². The van der Waals surface area contributed by atoms with Gasteiger partial charge in [0.15, 0.2) is 11.5 Å². The monoisotopic (exact) mass is 581 g/mol. The van der Waals surface area contributed by atoms with Crippen LogP contribution in [0.1, 0.15) is 40.2 Å². The maximum absolute atomic E-state index is 13.7. The predicted molar refractivity (Wildman–Crippen MR) is 141 cm³/mol. The maximum Gasteiger partial charge on any atom is 0.244 e. The second-order valence-corrected chi connectivity index (χ2v) is 12.6. The number of sulfonamides is 1. The topological polar surface area (TPSA) is 105 Å². The van der Waals surface area contributed by atoms with Crippen molar-refractivity contribution in [3.8, 4) is 11.5 Å². The van der Waals surface area contributed by atoms with E-state index in [-0.39, 0.29) is 30.7 Å². The van der Waals surface area contributed by atoms with Crippen LogP contribution in [0.4, 0.5) is 5.69 Å². The van der Waals surface area contributed by atoms with Crippen molar-refractivity contribution in [3.05, 3.63) is 52.5 Å². The van der Waals surface area contributed by atoms with Gasteiger partial charge in [0.25, 0.3) is 0 Å². The van der Waals surface area contributed by atoms with Crippen molar-refractivity contribution in [2.45, 2.75) is 52.7 Å². The Hall–Kier alpha value is -2.79. The van der Waals surface area contributed by atoms with Crippen LogP contribution < -0.4 is 19.1 Å². The summed E-state index contributed by atoms with van der Waals surface area (Å²) in [5, 5.41) is 2.90. The summed E-state index contributed by atoms with van der Waals surface area (Å²) in [5.74, 6) is -0.143. The molecule has 0 radical (unpaired) electrons. The Morgan fingerprint density at radius 1 is 1.08 bits per heavy atom. The van der Waals surface area contributed by atoms with E-state index in [0.29, 0.717) is 11.5 Å². The van der Waals surface area contributed by atoms with Gasteiger partial charge in [0.05, 0.1) is 11.4 Å². The van der Waals surface area contributed by atoms with E-state index in [1.54, 1.807) is 19.1 Å². The fraction of sp³-hybridized carbons (Fsp3) is 0.440. The Morgan fingerprint density at radius 2 is 1.72 bits per heavy atom. The second-order valence-electron chi connectivity index (χ2n) is 9.51. The zero-order valence-corrected chi connectivity index (χ0v) is 23.5. The minimum Gasteiger partial charge on any atom is -0.454 e. The Labute approximate surface area is 220 Å². The molecule has 2 amide bonds. The van der Waals surface area contributed by atoms with Gasteiger partial charge < -0.3 is 19.7 Å². The van der Waals surface area contributed by atoms with Gasteiger partial charge in [0.1, 0.15) is 12.6 Å². The van der Waals surface area contributed by atoms with Gasteiger partial charge in [-0.3, -0.25) is 13.9 Å². The lowest BCUT2D eigenvalue weighted by atomic mass is 10.1. The van der Waals surface area contributed by atoms with Crippen LogP contribution in [0.5, 0.6) is 11.5 Å². The van der Waals surface area contributed by atoms with Crippen LogP contribution in [0.15, 0.2) is 46.9 Å². The third kappa shape index (κ3) is 6.91. The highest BCUT2D eigenvalue weighted by atomic mass is 79.9. The molecule has 0 bridgehead atoms. The van der Waals surface area contributed by atoms with Gasteiger partial charge in [-0.1, -0.05) is 28.1 Å². The maximum atomic E-state index is 13.7. The van der Waals surface area contributed by atoms with E-state index < -0.39 is 34.1 Å². The van der Waals surface area contributed by atoms with Crippen LogP contribution in [0.3, 0.4) is 0 Å². The molecule has 0 saturated carbocycles. The number of fused-ring (bicyclic) bond motifs is 1. The third-order valence-electron chi connectivity index (χ3n) is 5.56. The Kier molecular flexibility index (Phi) is 8.55. The molecule has 0 aliphatic carbocycles. The van der Waals surface area contributed by atoms with Gasteiger partial charge in [-0.2, -0.15) is 0 Å². The standard InChI is InChI=1S/C25H32BrN3O6S/c1-6-36(32,33)29(20-11-12-21-22(13-20)35-16-34-21)15-23(30)28(14-18-7-9-19(26)10-8-18)17(2)24(31)27-25(3,4)5/h7-13,17H,6,14-16H2,1-5H3,(H,27,31)/t17-/m0/s1. The van der Waals surface area contributed by atoms with Gasteiger partial charge in [-0.25, -0.2) is 8.42 Å². The van der Waals surface area contributed by atoms with Gasteiger partial charge >= 0.3 is 0 Å². The van der Waals surface area contributed by atoms with E-state index in [1.807, 2.05) is 45.0 Å². The number of hydrogen-bond acceptors (Lipinski definition) is 6. The molecule has 0 unspecified atom stereocenters. The van der Waals surface area contributed by atoms with Crippen molar-refractivity contribution in [2.24, 2.45) is 0 Å². The summed E-state index contributed by atoms with van der Waals surface area (Å²) in [7, 11) is -3.83. The molecule has 196 valence electrons. The van der Waals surface area contributed by atoms with Crippen LogP contribution in [-0.2, 0) is 26.2 Å². The van der Waals surface area contributed by atoms with Crippen molar-refractivity contribution in [3.63, 3.8) is 0 Å². The molecule has 3 rings (SSSR count). The molecule has 36 heavy (non-hydrogen) atoms. The number of halogens is 1.